The van der Waals surface area contributed by atoms with Crippen molar-refractivity contribution in [2.45, 2.75) is 13.0 Å². The lowest BCUT2D eigenvalue weighted by Crippen LogP contribution is -2.30. The summed E-state index contributed by atoms with van der Waals surface area (Å²) >= 11 is 4.98. The van der Waals surface area contributed by atoms with Crippen molar-refractivity contribution in [3.05, 3.63) is 59.4 Å². The minimum Gasteiger partial charge on any atom is -0.388 e. The van der Waals surface area contributed by atoms with E-state index in [4.69, 9.17) is 18.0 Å². The summed E-state index contributed by atoms with van der Waals surface area (Å²) in [5, 5.41) is 0. The fourth-order valence-corrected chi connectivity index (χ4v) is 2.58. The maximum atomic E-state index is 5.64. The average Bonchev–Trinajstić information content (AvgIpc) is 2.47. The van der Waals surface area contributed by atoms with E-state index in [2.05, 4.69) is 34.1 Å². The van der Waals surface area contributed by atoms with Crippen LogP contribution in [-0.2, 0) is 13.0 Å². The third-order valence-electron chi connectivity index (χ3n) is 3.49. The van der Waals surface area contributed by atoms with Crippen LogP contribution in [0.3, 0.4) is 0 Å². The summed E-state index contributed by atoms with van der Waals surface area (Å²) < 4.78 is 0. The molecule has 2 N–H and O–H groups in total. The minimum atomic E-state index is 0.347. The Morgan fingerprint density at radius 2 is 2.00 bits per heavy atom. The molecule has 0 saturated carbocycles. The fraction of sp³-hybridized carbons (Fsp3) is 0.200. The molecule has 1 aliphatic heterocycles. The Hall–Kier alpha value is -1.94. The van der Waals surface area contributed by atoms with Gasteiger partial charge in [0.15, 0.2) is 0 Å². The topological polar surface area (TPSA) is 42.1 Å². The normalized spacial score (nSPS) is 14.0. The number of nitrogens with two attached hydrogens (primary N) is 1. The second kappa shape index (κ2) is 4.97. The van der Waals surface area contributed by atoms with Gasteiger partial charge in [0.25, 0.3) is 0 Å². The number of rotatable bonds is 2. The van der Waals surface area contributed by atoms with E-state index in [-0.39, 0.29) is 0 Å². The summed E-state index contributed by atoms with van der Waals surface area (Å²) in [5.74, 6) is 0. The third kappa shape index (κ3) is 2.44. The third-order valence-corrected chi connectivity index (χ3v) is 3.70. The van der Waals surface area contributed by atoms with Gasteiger partial charge in [-0.3, -0.25) is 4.98 Å². The van der Waals surface area contributed by atoms with Crippen molar-refractivity contribution in [3.63, 3.8) is 0 Å². The van der Waals surface area contributed by atoms with Crippen molar-refractivity contribution in [3.8, 4) is 0 Å². The standard InChI is InChI=1S/C15H15N3S/c16-15(19)14-9-13(5-7-17-14)18-8-6-11-3-1-2-4-12(11)10-18/h1-5,7,9H,6,8,10H2,(H2,16,19). The van der Waals surface area contributed by atoms with Gasteiger partial charge in [-0.25, -0.2) is 0 Å². The first kappa shape index (κ1) is 12.1. The molecule has 2 heterocycles. The Kier molecular flexibility index (Phi) is 3.17. The molecule has 0 unspecified atom stereocenters. The van der Waals surface area contributed by atoms with E-state index in [0.717, 1.165) is 25.2 Å². The van der Waals surface area contributed by atoms with Gasteiger partial charge in [0.1, 0.15) is 4.99 Å². The van der Waals surface area contributed by atoms with Crippen molar-refractivity contribution in [2.75, 3.05) is 11.4 Å². The van der Waals surface area contributed by atoms with Gasteiger partial charge in [-0.15, -0.1) is 0 Å². The first-order chi connectivity index (χ1) is 9.24. The summed E-state index contributed by atoms with van der Waals surface area (Å²) in [4.78, 5) is 6.87. The molecule has 4 heteroatoms. The van der Waals surface area contributed by atoms with Crippen LogP contribution in [0.5, 0.6) is 0 Å². The van der Waals surface area contributed by atoms with E-state index in [0.29, 0.717) is 10.7 Å². The number of nitrogens with zero attached hydrogens (tertiary/aromatic N) is 2. The highest BCUT2D eigenvalue weighted by Gasteiger charge is 2.16. The van der Waals surface area contributed by atoms with Gasteiger partial charge < -0.3 is 10.6 Å². The lowest BCUT2D eigenvalue weighted by Gasteiger charge is -2.30. The van der Waals surface area contributed by atoms with E-state index >= 15 is 0 Å². The van der Waals surface area contributed by atoms with E-state index in [1.807, 2.05) is 12.1 Å². The molecular weight excluding hydrogens is 254 g/mol. The maximum absolute atomic E-state index is 5.64. The van der Waals surface area contributed by atoms with Gasteiger partial charge in [-0.1, -0.05) is 36.5 Å². The summed E-state index contributed by atoms with van der Waals surface area (Å²) in [6.07, 6.45) is 2.84. The predicted molar refractivity (Wildman–Crippen MR) is 81.3 cm³/mol. The van der Waals surface area contributed by atoms with Gasteiger partial charge in [0.05, 0.1) is 5.69 Å². The van der Waals surface area contributed by atoms with Crippen LogP contribution >= 0.6 is 12.2 Å². The maximum Gasteiger partial charge on any atom is 0.122 e. The zero-order chi connectivity index (χ0) is 13.2. The lowest BCUT2D eigenvalue weighted by molar-refractivity contribution is 0.731. The predicted octanol–water partition coefficient (Wildman–Crippen LogP) is 2.28. The Morgan fingerprint density at radius 3 is 2.79 bits per heavy atom. The van der Waals surface area contributed by atoms with Crippen LogP contribution in [0.25, 0.3) is 0 Å². The molecule has 0 saturated heterocycles. The van der Waals surface area contributed by atoms with Gasteiger partial charge in [0.2, 0.25) is 0 Å². The first-order valence-electron chi connectivity index (χ1n) is 6.31. The molecule has 0 radical (unpaired) electrons. The molecule has 0 fully saturated rings. The Morgan fingerprint density at radius 1 is 1.21 bits per heavy atom. The lowest BCUT2D eigenvalue weighted by atomic mass is 9.99. The van der Waals surface area contributed by atoms with E-state index in [1.165, 1.54) is 11.1 Å². The highest BCUT2D eigenvalue weighted by molar-refractivity contribution is 7.80. The van der Waals surface area contributed by atoms with Gasteiger partial charge >= 0.3 is 0 Å². The largest absolute Gasteiger partial charge is 0.388 e. The molecule has 1 aliphatic rings. The Labute approximate surface area is 118 Å². The monoisotopic (exact) mass is 269 g/mol. The second-order valence-electron chi connectivity index (χ2n) is 4.70. The summed E-state index contributed by atoms with van der Waals surface area (Å²) in [5.41, 5.74) is 10.3. The zero-order valence-electron chi connectivity index (χ0n) is 10.5. The van der Waals surface area contributed by atoms with Crippen LogP contribution < -0.4 is 10.6 Å². The number of thiocarbonyl (C=S) groups is 1. The van der Waals surface area contributed by atoms with Crippen molar-refractivity contribution in [1.29, 1.82) is 0 Å². The average molecular weight is 269 g/mol. The van der Waals surface area contributed by atoms with Crippen molar-refractivity contribution in [2.24, 2.45) is 5.73 Å². The number of fused-ring (bicyclic) bond motifs is 1. The van der Waals surface area contributed by atoms with Crippen LogP contribution in [0.15, 0.2) is 42.6 Å². The van der Waals surface area contributed by atoms with E-state index < -0.39 is 0 Å². The van der Waals surface area contributed by atoms with Crippen LogP contribution in [0, 0.1) is 0 Å². The summed E-state index contributed by atoms with van der Waals surface area (Å²) in [7, 11) is 0. The van der Waals surface area contributed by atoms with Crippen LogP contribution in [-0.4, -0.2) is 16.5 Å². The van der Waals surface area contributed by atoms with Gasteiger partial charge in [0, 0.05) is 25.0 Å². The van der Waals surface area contributed by atoms with E-state index in [1.54, 1.807) is 6.20 Å². The molecule has 0 atom stereocenters. The molecule has 1 aromatic carbocycles. The second-order valence-corrected chi connectivity index (χ2v) is 5.14. The molecule has 0 bridgehead atoms. The van der Waals surface area contributed by atoms with Crippen molar-refractivity contribution in [1.82, 2.24) is 4.98 Å². The van der Waals surface area contributed by atoms with Crippen LogP contribution in [0.4, 0.5) is 5.69 Å². The fourth-order valence-electron chi connectivity index (χ4n) is 2.47. The first-order valence-corrected chi connectivity index (χ1v) is 6.72. The molecule has 2 aromatic rings. The molecule has 0 spiro atoms. The highest BCUT2D eigenvalue weighted by Crippen LogP contribution is 2.24. The molecule has 19 heavy (non-hydrogen) atoms. The molecule has 0 aliphatic carbocycles. The molecular formula is C15H15N3S. The number of anilines is 1. The molecule has 96 valence electrons. The molecule has 3 nitrogen and oxygen atoms in total. The SMILES string of the molecule is NC(=S)c1cc(N2CCc3ccccc3C2)ccn1. The number of hydrogen-bond donors (Lipinski definition) is 1. The quantitative estimate of drug-likeness (QED) is 0.849. The summed E-state index contributed by atoms with van der Waals surface area (Å²) in [6.45, 7) is 1.94. The molecule has 0 amide bonds. The van der Waals surface area contributed by atoms with Crippen LogP contribution in [0.2, 0.25) is 0 Å². The van der Waals surface area contributed by atoms with Gasteiger partial charge in [-0.05, 0) is 29.7 Å². The van der Waals surface area contributed by atoms with Crippen LogP contribution in [0.1, 0.15) is 16.8 Å². The Bertz CT molecular complexity index is 624. The number of pyridine rings is 1. The minimum absolute atomic E-state index is 0.347. The zero-order valence-corrected chi connectivity index (χ0v) is 11.4. The van der Waals surface area contributed by atoms with Crippen molar-refractivity contribution >= 4 is 22.9 Å². The van der Waals surface area contributed by atoms with E-state index in [9.17, 15) is 0 Å². The molecule has 1 aromatic heterocycles. The Balaban J connectivity index is 1.89. The number of hydrogen-bond acceptors (Lipinski definition) is 3. The van der Waals surface area contributed by atoms with Crippen molar-refractivity contribution < 1.29 is 0 Å². The number of benzene rings is 1. The smallest absolute Gasteiger partial charge is 0.122 e. The summed E-state index contributed by atoms with van der Waals surface area (Å²) in [6, 6.07) is 12.6. The highest BCUT2D eigenvalue weighted by atomic mass is 32.1. The number of aromatic nitrogens is 1. The molecule has 3 rings (SSSR count). The van der Waals surface area contributed by atoms with Gasteiger partial charge in [-0.2, -0.15) is 0 Å².